The van der Waals surface area contributed by atoms with E-state index in [2.05, 4.69) is 44.2 Å². The average molecular weight is 440 g/mol. The summed E-state index contributed by atoms with van der Waals surface area (Å²) in [5.74, 6) is 1.65. The molecule has 1 aromatic heterocycles. The van der Waals surface area contributed by atoms with E-state index in [1.807, 2.05) is 23.9 Å². The minimum Gasteiger partial charge on any atom is -0.421 e. The molecular weight excluding hydrogens is 414 g/mol. The second-order valence-corrected chi connectivity index (χ2v) is 9.72. The maximum atomic E-state index is 11.9. The first-order chi connectivity index (χ1) is 14.6. The van der Waals surface area contributed by atoms with Crippen LogP contribution in [0.3, 0.4) is 0 Å². The number of hydrogen-bond donors (Lipinski definition) is 0. The summed E-state index contributed by atoms with van der Waals surface area (Å²) in [5.41, 5.74) is 1.63. The summed E-state index contributed by atoms with van der Waals surface area (Å²) < 4.78 is 11.2. The third kappa shape index (κ3) is 5.48. The van der Waals surface area contributed by atoms with E-state index in [0.29, 0.717) is 24.4 Å². The molecule has 1 heterocycles. The van der Waals surface area contributed by atoms with Gasteiger partial charge in [-0.1, -0.05) is 49.4 Å². The van der Waals surface area contributed by atoms with E-state index in [0.717, 1.165) is 28.2 Å². The third-order valence-corrected chi connectivity index (χ3v) is 7.60. The lowest BCUT2D eigenvalue weighted by molar-refractivity contribution is 0.167. The van der Waals surface area contributed by atoms with Crippen LogP contribution in [-0.4, -0.2) is 24.7 Å². The van der Waals surface area contributed by atoms with E-state index in [1.54, 1.807) is 23.9 Å². The van der Waals surface area contributed by atoms with Gasteiger partial charge in [-0.05, 0) is 25.0 Å². The van der Waals surface area contributed by atoms with Gasteiger partial charge in [0, 0.05) is 32.6 Å². The molecule has 0 fully saturated rings. The summed E-state index contributed by atoms with van der Waals surface area (Å²) in [6.07, 6.45) is 1.06. The number of nitriles is 1. The van der Waals surface area contributed by atoms with Gasteiger partial charge < -0.3 is 9.15 Å². The Morgan fingerprint density at radius 1 is 1.10 bits per heavy atom. The molecule has 30 heavy (non-hydrogen) atoms. The molecule has 0 aliphatic rings. The van der Waals surface area contributed by atoms with E-state index >= 15 is 0 Å². The molecule has 0 saturated heterocycles. The van der Waals surface area contributed by atoms with Gasteiger partial charge >= 0.3 is 5.63 Å². The molecule has 0 N–H and O–H groups in total. The Morgan fingerprint density at radius 3 is 2.60 bits per heavy atom. The Kier molecular flexibility index (Phi) is 8.03. The Bertz CT molecular complexity index is 1080. The summed E-state index contributed by atoms with van der Waals surface area (Å²) in [6, 6.07) is 19.5. The molecular formula is C24H25NO3S2. The van der Waals surface area contributed by atoms with Crippen LogP contribution in [-0.2, 0) is 9.48 Å². The summed E-state index contributed by atoms with van der Waals surface area (Å²) >= 11 is 3.47. The third-order valence-electron chi connectivity index (χ3n) is 5.05. The van der Waals surface area contributed by atoms with Crippen molar-refractivity contribution < 1.29 is 9.15 Å². The second kappa shape index (κ2) is 10.7. The van der Waals surface area contributed by atoms with Gasteiger partial charge in [-0.3, -0.25) is 0 Å². The van der Waals surface area contributed by atoms with Gasteiger partial charge in [0.25, 0.3) is 0 Å². The first kappa shape index (κ1) is 22.5. The van der Waals surface area contributed by atoms with E-state index in [9.17, 15) is 10.1 Å². The van der Waals surface area contributed by atoms with E-state index < -0.39 is 5.63 Å². The Hall–Kier alpha value is -2.20. The highest BCUT2D eigenvalue weighted by Crippen LogP contribution is 2.38. The number of para-hydroxylation sites is 1. The Labute approximate surface area is 185 Å². The normalized spacial score (nSPS) is 13.1. The molecule has 3 aromatic rings. The van der Waals surface area contributed by atoms with Crippen LogP contribution in [0, 0.1) is 11.3 Å². The average Bonchev–Trinajstić information content (AvgIpc) is 2.78. The van der Waals surface area contributed by atoms with Gasteiger partial charge in [-0.15, -0.1) is 23.5 Å². The Morgan fingerprint density at radius 2 is 1.87 bits per heavy atom. The van der Waals surface area contributed by atoms with Crippen LogP contribution >= 0.6 is 23.5 Å². The van der Waals surface area contributed by atoms with Gasteiger partial charge in [0.1, 0.15) is 6.07 Å². The SMILES string of the molecule is CCC(C)(SCCOCCSc1cc(=O)oc2c(C#N)cccc12)c1ccccc1. The summed E-state index contributed by atoms with van der Waals surface area (Å²) in [5, 5.41) is 10.0. The molecule has 2 aromatic carbocycles. The molecule has 3 rings (SSSR count). The van der Waals surface area contributed by atoms with Gasteiger partial charge in [0.2, 0.25) is 0 Å². The molecule has 0 radical (unpaired) electrons. The maximum absolute atomic E-state index is 11.9. The molecule has 0 spiro atoms. The zero-order valence-electron chi connectivity index (χ0n) is 17.2. The lowest BCUT2D eigenvalue weighted by Crippen LogP contribution is -2.18. The van der Waals surface area contributed by atoms with Crippen molar-refractivity contribution in [3.05, 3.63) is 76.1 Å². The van der Waals surface area contributed by atoms with Crippen molar-refractivity contribution in [2.75, 3.05) is 24.7 Å². The van der Waals surface area contributed by atoms with Crippen LogP contribution in [0.2, 0.25) is 0 Å². The molecule has 0 saturated carbocycles. The van der Waals surface area contributed by atoms with E-state index in [-0.39, 0.29) is 4.75 Å². The van der Waals surface area contributed by atoms with Crippen LogP contribution in [0.1, 0.15) is 31.4 Å². The van der Waals surface area contributed by atoms with Crippen molar-refractivity contribution in [1.82, 2.24) is 0 Å². The predicted octanol–water partition coefficient (Wildman–Crippen LogP) is 5.83. The molecule has 156 valence electrons. The van der Waals surface area contributed by atoms with E-state index in [4.69, 9.17) is 9.15 Å². The van der Waals surface area contributed by atoms with Crippen LogP contribution in [0.25, 0.3) is 11.0 Å². The number of ether oxygens (including phenoxy) is 1. The van der Waals surface area contributed by atoms with Crippen LogP contribution in [0.5, 0.6) is 0 Å². The molecule has 0 aliphatic heterocycles. The minimum absolute atomic E-state index is 0.0921. The first-order valence-corrected chi connectivity index (χ1v) is 11.9. The van der Waals surface area contributed by atoms with Gasteiger partial charge in [-0.2, -0.15) is 5.26 Å². The van der Waals surface area contributed by atoms with Crippen molar-refractivity contribution in [1.29, 1.82) is 5.26 Å². The summed E-state index contributed by atoms with van der Waals surface area (Å²) in [4.78, 5) is 12.7. The predicted molar refractivity (Wildman–Crippen MR) is 125 cm³/mol. The fourth-order valence-electron chi connectivity index (χ4n) is 3.18. The van der Waals surface area contributed by atoms with Gasteiger partial charge in [0.15, 0.2) is 5.58 Å². The number of rotatable bonds is 10. The quantitative estimate of drug-likeness (QED) is 0.225. The smallest absolute Gasteiger partial charge is 0.337 e. The van der Waals surface area contributed by atoms with Crippen molar-refractivity contribution in [2.24, 2.45) is 0 Å². The van der Waals surface area contributed by atoms with Crippen LogP contribution in [0.15, 0.2) is 68.7 Å². The summed E-state index contributed by atoms with van der Waals surface area (Å²) in [7, 11) is 0. The van der Waals surface area contributed by atoms with Crippen LogP contribution in [0.4, 0.5) is 0 Å². The van der Waals surface area contributed by atoms with Gasteiger partial charge in [0.05, 0.1) is 18.8 Å². The fourth-order valence-corrected chi connectivity index (χ4v) is 5.26. The monoisotopic (exact) mass is 439 g/mol. The zero-order chi connectivity index (χ0) is 21.4. The topological polar surface area (TPSA) is 63.2 Å². The lowest BCUT2D eigenvalue weighted by atomic mass is 9.98. The zero-order valence-corrected chi connectivity index (χ0v) is 18.9. The standard InChI is InChI=1S/C24H25NO3S2/c1-3-24(2,19-9-5-4-6-10-19)30-15-13-27-12-14-29-21-16-22(26)28-23-18(17-25)8-7-11-20(21)23/h4-11,16H,3,12-15H2,1-2H3. The molecule has 0 bridgehead atoms. The number of hydrogen-bond acceptors (Lipinski definition) is 6. The Balaban J connectivity index is 1.48. The highest BCUT2D eigenvalue weighted by Gasteiger charge is 2.24. The van der Waals surface area contributed by atoms with Crippen molar-refractivity contribution in [3.8, 4) is 6.07 Å². The summed E-state index contributed by atoms with van der Waals surface area (Å²) in [6.45, 7) is 5.78. The molecule has 0 aliphatic carbocycles. The first-order valence-electron chi connectivity index (χ1n) is 9.94. The van der Waals surface area contributed by atoms with Crippen LogP contribution < -0.4 is 5.63 Å². The van der Waals surface area contributed by atoms with Crippen molar-refractivity contribution in [3.63, 3.8) is 0 Å². The second-order valence-electron chi connectivity index (χ2n) is 6.98. The molecule has 1 unspecified atom stereocenters. The number of nitrogens with zero attached hydrogens (tertiary/aromatic N) is 1. The van der Waals surface area contributed by atoms with E-state index in [1.165, 1.54) is 11.6 Å². The number of thioether (sulfide) groups is 2. The van der Waals surface area contributed by atoms with Crippen molar-refractivity contribution >= 4 is 34.5 Å². The lowest BCUT2D eigenvalue weighted by Gasteiger charge is -2.28. The van der Waals surface area contributed by atoms with Crippen molar-refractivity contribution in [2.45, 2.75) is 29.9 Å². The largest absolute Gasteiger partial charge is 0.421 e. The molecule has 6 heteroatoms. The highest BCUT2D eigenvalue weighted by molar-refractivity contribution is 8.00. The minimum atomic E-state index is -0.440. The van der Waals surface area contributed by atoms with Gasteiger partial charge in [-0.25, -0.2) is 4.79 Å². The molecule has 4 nitrogen and oxygen atoms in total. The maximum Gasteiger partial charge on any atom is 0.337 e. The number of fused-ring (bicyclic) bond motifs is 1. The fraction of sp³-hybridized carbons (Fsp3) is 0.333. The highest BCUT2D eigenvalue weighted by atomic mass is 32.2. The molecule has 0 amide bonds. The molecule has 1 atom stereocenters. The number of benzene rings is 2.